The summed E-state index contributed by atoms with van der Waals surface area (Å²) in [6, 6.07) is 20.4. The van der Waals surface area contributed by atoms with Crippen molar-refractivity contribution in [3.63, 3.8) is 0 Å². The molecule has 2 heterocycles. The molecule has 0 bridgehead atoms. The third kappa shape index (κ3) is 4.85. The Hall–Kier alpha value is -3.41. The number of amides is 2. The highest BCUT2D eigenvalue weighted by Crippen LogP contribution is 2.35. The molecule has 1 saturated heterocycles. The summed E-state index contributed by atoms with van der Waals surface area (Å²) in [5, 5.41) is 10.1. The first kappa shape index (κ1) is 22.8. The van der Waals surface area contributed by atoms with Gasteiger partial charge in [-0.05, 0) is 47.9 Å². The molecule has 3 aromatic rings. The van der Waals surface area contributed by atoms with Gasteiger partial charge in [0.1, 0.15) is 5.69 Å². The lowest BCUT2D eigenvalue weighted by molar-refractivity contribution is -0.133. The molecule has 4 rings (SSSR count). The van der Waals surface area contributed by atoms with Crippen LogP contribution in [0, 0.1) is 5.41 Å². The van der Waals surface area contributed by atoms with Crippen LogP contribution in [0.25, 0.3) is 11.1 Å². The van der Waals surface area contributed by atoms with E-state index in [-0.39, 0.29) is 17.7 Å². The zero-order valence-electron chi connectivity index (χ0n) is 19.6. The molecule has 0 radical (unpaired) electrons. The van der Waals surface area contributed by atoms with Gasteiger partial charge in [-0.3, -0.25) is 14.7 Å². The van der Waals surface area contributed by atoms with Gasteiger partial charge in [0.05, 0.1) is 5.41 Å². The zero-order chi connectivity index (χ0) is 23.4. The minimum absolute atomic E-state index is 0.0185. The highest BCUT2D eigenvalue weighted by molar-refractivity contribution is 5.93. The maximum atomic E-state index is 13.2. The smallest absolute Gasteiger partial charge is 0.274 e. The lowest BCUT2D eigenvalue weighted by atomic mass is 9.74. The number of hydrogen-bond donors (Lipinski definition) is 2. The molecule has 33 heavy (non-hydrogen) atoms. The first-order valence-corrected chi connectivity index (χ1v) is 11.6. The third-order valence-corrected chi connectivity index (χ3v) is 6.59. The first-order valence-electron chi connectivity index (χ1n) is 11.6. The number of rotatable bonds is 6. The van der Waals surface area contributed by atoms with E-state index in [1.807, 2.05) is 30.3 Å². The van der Waals surface area contributed by atoms with Gasteiger partial charge in [0.15, 0.2) is 0 Å². The van der Waals surface area contributed by atoms with Crippen LogP contribution in [-0.4, -0.2) is 47.0 Å². The predicted molar refractivity (Wildman–Crippen MR) is 130 cm³/mol. The average Bonchev–Trinajstić information content (AvgIpc) is 3.35. The molecule has 2 N–H and O–H groups in total. The maximum Gasteiger partial charge on any atom is 0.274 e. The zero-order valence-corrected chi connectivity index (χ0v) is 19.6. The van der Waals surface area contributed by atoms with E-state index >= 15 is 0 Å². The van der Waals surface area contributed by atoms with E-state index in [2.05, 4.69) is 59.7 Å². The third-order valence-electron chi connectivity index (χ3n) is 6.59. The molecule has 2 amide bonds. The molecule has 6 heteroatoms. The summed E-state index contributed by atoms with van der Waals surface area (Å²) in [6.45, 7) is 5.13. The van der Waals surface area contributed by atoms with E-state index in [0.29, 0.717) is 25.2 Å². The fourth-order valence-electron chi connectivity index (χ4n) is 4.77. The molecule has 1 unspecified atom stereocenters. The Balaban J connectivity index is 1.59. The highest BCUT2D eigenvalue weighted by atomic mass is 16.2. The predicted octanol–water partition coefficient (Wildman–Crippen LogP) is 4.41. The molecule has 0 aliphatic carbocycles. The second-order valence-corrected chi connectivity index (χ2v) is 9.30. The van der Waals surface area contributed by atoms with Crippen molar-refractivity contribution in [1.82, 2.24) is 20.4 Å². The molecule has 0 saturated carbocycles. The molecule has 1 aliphatic heterocycles. The van der Waals surface area contributed by atoms with Gasteiger partial charge in [0.25, 0.3) is 5.91 Å². The Bertz CT molecular complexity index is 1120. The van der Waals surface area contributed by atoms with Crippen molar-refractivity contribution < 1.29 is 9.59 Å². The lowest BCUT2D eigenvalue weighted by Gasteiger charge is -2.41. The average molecular weight is 445 g/mol. The van der Waals surface area contributed by atoms with Crippen LogP contribution in [-0.2, 0) is 11.2 Å². The Kier molecular flexibility index (Phi) is 6.63. The van der Waals surface area contributed by atoms with Crippen molar-refractivity contribution >= 4 is 11.8 Å². The molecule has 1 aromatic heterocycles. The summed E-state index contributed by atoms with van der Waals surface area (Å²) in [7, 11) is 1.67. The molecule has 0 spiro atoms. The summed E-state index contributed by atoms with van der Waals surface area (Å²) in [6.07, 6.45) is 2.10. The standard InChI is InChI=1S/C27H32N4O2/c1-19(2)23-16-24(30-29-23)25(32)31-14-8-13-27(18-31,26(33)28-3)17-20-9-7-12-22(15-20)21-10-5-4-6-11-21/h4-7,9-12,15-16,19H,8,13-14,17-18H2,1-3H3,(H,28,33)(H,29,30). The first-order chi connectivity index (χ1) is 15.9. The van der Waals surface area contributed by atoms with Crippen LogP contribution in [0.4, 0.5) is 0 Å². The lowest BCUT2D eigenvalue weighted by Crippen LogP contribution is -2.54. The largest absolute Gasteiger partial charge is 0.359 e. The van der Waals surface area contributed by atoms with Gasteiger partial charge >= 0.3 is 0 Å². The van der Waals surface area contributed by atoms with Crippen molar-refractivity contribution in [3.8, 4) is 11.1 Å². The summed E-state index contributed by atoms with van der Waals surface area (Å²) in [4.78, 5) is 28.2. The number of hydrogen-bond acceptors (Lipinski definition) is 3. The summed E-state index contributed by atoms with van der Waals surface area (Å²) >= 11 is 0. The Morgan fingerprint density at radius 1 is 1.09 bits per heavy atom. The number of benzene rings is 2. The Morgan fingerprint density at radius 3 is 2.55 bits per heavy atom. The van der Waals surface area contributed by atoms with Crippen molar-refractivity contribution in [3.05, 3.63) is 77.6 Å². The fraction of sp³-hybridized carbons (Fsp3) is 0.370. The number of nitrogens with zero attached hydrogens (tertiary/aromatic N) is 2. The normalized spacial score (nSPS) is 18.4. The fourth-order valence-corrected chi connectivity index (χ4v) is 4.77. The molecule has 1 aliphatic rings. The number of aromatic amines is 1. The number of nitrogens with one attached hydrogen (secondary N) is 2. The summed E-state index contributed by atoms with van der Waals surface area (Å²) < 4.78 is 0. The van der Waals surface area contributed by atoms with Gasteiger partial charge in [-0.2, -0.15) is 5.10 Å². The minimum atomic E-state index is -0.671. The molecule has 2 aromatic carbocycles. The number of carbonyl (C=O) groups excluding carboxylic acids is 2. The van der Waals surface area contributed by atoms with Gasteiger partial charge < -0.3 is 10.2 Å². The topological polar surface area (TPSA) is 78.1 Å². The summed E-state index contributed by atoms with van der Waals surface area (Å²) in [5.41, 5.74) is 4.05. The SMILES string of the molecule is CNC(=O)C1(Cc2cccc(-c3ccccc3)c2)CCCN(C(=O)c2cc(C(C)C)[nH]n2)C1. The van der Waals surface area contributed by atoms with Crippen LogP contribution in [0.1, 0.15) is 54.4 Å². The van der Waals surface area contributed by atoms with Crippen LogP contribution >= 0.6 is 0 Å². The summed E-state index contributed by atoms with van der Waals surface area (Å²) in [5.74, 6) is 0.126. The number of H-pyrrole nitrogens is 1. The number of piperidine rings is 1. The van der Waals surface area contributed by atoms with E-state index in [1.54, 1.807) is 11.9 Å². The highest BCUT2D eigenvalue weighted by Gasteiger charge is 2.43. The van der Waals surface area contributed by atoms with Crippen molar-refractivity contribution in [2.24, 2.45) is 5.41 Å². The monoisotopic (exact) mass is 444 g/mol. The van der Waals surface area contributed by atoms with E-state index in [9.17, 15) is 9.59 Å². The van der Waals surface area contributed by atoms with Crippen LogP contribution in [0.3, 0.4) is 0 Å². The van der Waals surface area contributed by atoms with Crippen LogP contribution < -0.4 is 5.32 Å². The molecular formula is C27H32N4O2. The molecule has 172 valence electrons. The van der Waals surface area contributed by atoms with Gasteiger partial charge in [0, 0.05) is 25.8 Å². The Labute approximate surface area is 195 Å². The van der Waals surface area contributed by atoms with Crippen molar-refractivity contribution in [1.29, 1.82) is 0 Å². The maximum absolute atomic E-state index is 13.2. The van der Waals surface area contributed by atoms with Crippen molar-refractivity contribution in [2.45, 2.75) is 39.0 Å². The van der Waals surface area contributed by atoms with Crippen LogP contribution in [0.2, 0.25) is 0 Å². The van der Waals surface area contributed by atoms with Gasteiger partial charge in [-0.15, -0.1) is 0 Å². The van der Waals surface area contributed by atoms with Gasteiger partial charge in [0.2, 0.25) is 5.91 Å². The number of likely N-dealkylation sites (tertiary alicyclic amines) is 1. The van der Waals surface area contributed by atoms with Gasteiger partial charge in [-0.1, -0.05) is 68.4 Å². The van der Waals surface area contributed by atoms with Crippen LogP contribution in [0.15, 0.2) is 60.7 Å². The van der Waals surface area contributed by atoms with E-state index < -0.39 is 5.41 Å². The van der Waals surface area contributed by atoms with E-state index in [1.165, 1.54) is 0 Å². The quantitative estimate of drug-likeness (QED) is 0.591. The number of carbonyl (C=O) groups is 2. The Morgan fingerprint density at radius 2 is 1.85 bits per heavy atom. The molecule has 1 atom stereocenters. The molecule has 1 fully saturated rings. The van der Waals surface area contributed by atoms with Crippen molar-refractivity contribution in [2.75, 3.05) is 20.1 Å². The second-order valence-electron chi connectivity index (χ2n) is 9.30. The van der Waals surface area contributed by atoms with Gasteiger partial charge in [-0.25, -0.2) is 0 Å². The van der Waals surface area contributed by atoms with E-state index in [0.717, 1.165) is 35.2 Å². The minimum Gasteiger partial charge on any atom is -0.359 e. The number of aromatic nitrogens is 2. The molecule has 6 nitrogen and oxygen atoms in total. The van der Waals surface area contributed by atoms with Crippen LogP contribution in [0.5, 0.6) is 0 Å². The second kappa shape index (κ2) is 9.61. The van der Waals surface area contributed by atoms with E-state index in [4.69, 9.17) is 0 Å². The molecular weight excluding hydrogens is 412 g/mol.